The number of hydrogen-bond donors (Lipinski definition) is 0. The van der Waals surface area contributed by atoms with Crippen molar-refractivity contribution in [3.05, 3.63) is 170 Å². The Kier molecular flexibility index (Phi) is 16.4. The zero-order chi connectivity index (χ0) is 41.4. The molecule has 1 aliphatic rings. The van der Waals surface area contributed by atoms with Gasteiger partial charge in [-0.3, -0.25) is 0 Å². The number of benzene rings is 4. The fraction of sp³-hybridized carbons (Fsp3) is 0.360. The predicted octanol–water partition coefficient (Wildman–Crippen LogP) is 11.2. The van der Waals surface area contributed by atoms with Crippen LogP contribution in [-0.2, 0) is 29.8 Å². The van der Waals surface area contributed by atoms with Gasteiger partial charge in [0, 0.05) is 10.8 Å². The summed E-state index contributed by atoms with van der Waals surface area (Å²) < 4.78 is 47.3. The Labute approximate surface area is 345 Å². The van der Waals surface area contributed by atoms with E-state index in [2.05, 4.69) is 74.8 Å². The Balaban J connectivity index is 1.59. The molecule has 1 fully saturated rings. The predicted molar refractivity (Wildman–Crippen MR) is 231 cm³/mol. The zero-order valence-electron chi connectivity index (χ0n) is 34.6. The van der Waals surface area contributed by atoms with Crippen molar-refractivity contribution < 1.29 is 37.9 Å². The Hall–Kier alpha value is -5.12. The van der Waals surface area contributed by atoms with Gasteiger partial charge in [0.2, 0.25) is 0 Å². The molecule has 1 aliphatic carbocycles. The molecule has 4 aromatic carbocycles. The molecule has 4 unspecified atom stereocenters. The first-order valence-corrected chi connectivity index (χ1v) is 20.1. The lowest BCUT2D eigenvalue weighted by Crippen LogP contribution is -2.43. The minimum absolute atomic E-state index is 0.393. The van der Waals surface area contributed by atoms with E-state index in [0.717, 1.165) is 48.7 Å². The fourth-order valence-corrected chi connectivity index (χ4v) is 7.83. The minimum Gasteiger partial charge on any atom is -0.465 e. The van der Waals surface area contributed by atoms with E-state index in [4.69, 9.17) is 37.9 Å². The first-order chi connectivity index (χ1) is 28.1. The van der Waals surface area contributed by atoms with Crippen LogP contribution in [0.1, 0.15) is 75.6 Å². The third kappa shape index (κ3) is 11.5. The number of rotatable bonds is 24. The Bertz CT molecular complexity index is 1600. The van der Waals surface area contributed by atoms with Crippen LogP contribution in [0.25, 0.3) is 0 Å². The van der Waals surface area contributed by atoms with E-state index in [1.54, 1.807) is 24.3 Å². The van der Waals surface area contributed by atoms with Crippen molar-refractivity contribution in [1.82, 2.24) is 0 Å². The smallest absolute Gasteiger partial charge is 0.197 e. The summed E-state index contributed by atoms with van der Waals surface area (Å²) in [6.07, 6.45) is 8.81. The second-order valence-electron chi connectivity index (χ2n) is 14.5. The average molecular weight is 789 g/mol. The van der Waals surface area contributed by atoms with E-state index < -0.39 is 36.0 Å². The topological polar surface area (TPSA) is 73.8 Å². The Morgan fingerprint density at radius 1 is 0.414 bits per heavy atom. The molecule has 4 aromatic rings. The summed E-state index contributed by atoms with van der Waals surface area (Å²) in [6.45, 7) is 24.2. The monoisotopic (exact) mass is 788 g/mol. The van der Waals surface area contributed by atoms with Gasteiger partial charge in [-0.05, 0) is 118 Å². The van der Waals surface area contributed by atoms with Crippen LogP contribution in [0, 0.1) is 0 Å². The van der Waals surface area contributed by atoms with Gasteiger partial charge in [-0.2, -0.15) is 0 Å². The molecule has 0 saturated heterocycles. The molecule has 8 heteroatoms. The Morgan fingerprint density at radius 3 is 0.845 bits per heavy atom. The summed E-state index contributed by atoms with van der Waals surface area (Å²) in [6, 6.07) is 33.9. The van der Waals surface area contributed by atoms with Crippen molar-refractivity contribution in [2.24, 2.45) is 0 Å². The van der Waals surface area contributed by atoms with Gasteiger partial charge in [0.15, 0.2) is 25.2 Å². The standard InChI is InChI=1S/C50H60O8/c1-9-32-51-37(5)55-45-22-14-41(15-23-45)49(42-16-24-46(25-17-42)56-38(6)52-33-10-2)30-13-31-50(36-49,43-18-26-47(27-19-43)57-39(7)53-34-11-3)44-20-28-48(29-21-44)58-40(8)54-35-12-4/h9-12,14-29,37-40H,1-4,13,30-36H2,5-8H3. The van der Waals surface area contributed by atoms with E-state index in [1.807, 2.05) is 76.2 Å². The second kappa shape index (κ2) is 21.6. The average Bonchev–Trinajstić information content (AvgIpc) is 3.24. The first-order valence-electron chi connectivity index (χ1n) is 20.1. The highest BCUT2D eigenvalue weighted by Gasteiger charge is 2.48. The van der Waals surface area contributed by atoms with Crippen LogP contribution in [0.4, 0.5) is 0 Å². The summed E-state index contributed by atoms with van der Waals surface area (Å²) in [4.78, 5) is 0. The van der Waals surface area contributed by atoms with Crippen LogP contribution >= 0.6 is 0 Å². The van der Waals surface area contributed by atoms with Crippen molar-refractivity contribution in [2.45, 2.75) is 89.4 Å². The van der Waals surface area contributed by atoms with Crippen LogP contribution in [0.5, 0.6) is 23.0 Å². The van der Waals surface area contributed by atoms with Crippen LogP contribution in [0.3, 0.4) is 0 Å². The maximum Gasteiger partial charge on any atom is 0.197 e. The molecular weight excluding hydrogens is 729 g/mol. The highest BCUT2D eigenvalue weighted by molar-refractivity contribution is 5.51. The number of hydrogen-bond acceptors (Lipinski definition) is 8. The molecule has 308 valence electrons. The van der Waals surface area contributed by atoms with Crippen LogP contribution in [0.15, 0.2) is 148 Å². The lowest BCUT2D eigenvalue weighted by Gasteiger charge is -2.50. The van der Waals surface area contributed by atoms with Crippen molar-refractivity contribution in [1.29, 1.82) is 0 Å². The summed E-state index contributed by atoms with van der Waals surface area (Å²) in [5, 5.41) is 0. The van der Waals surface area contributed by atoms with Gasteiger partial charge in [-0.1, -0.05) is 79.3 Å². The maximum atomic E-state index is 6.12. The number of ether oxygens (including phenoxy) is 8. The quantitative estimate of drug-likeness (QED) is 0.0513. The third-order valence-electron chi connectivity index (χ3n) is 10.4. The molecule has 0 amide bonds. The highest BCUT2D eigenvalue weighted by atomic mass is 16.7. The van der Waals surface area contributed by atoms with Crippen LogP contribution < -0.4 is 18.9 Å². The van der Waals surface area contributed by atoms with Crippen molar-refractivity contribution in [2.75, 3.05) is 26.4 Å². The lowest BCUT2D eigenvalue weighted by molar-refractivity contribution is -0.0551. The summed E-state index contributed by atoms with van der Waals surface area (Å²) in [7, 11) is 0. The molecule has 0 N–H and O–H groups in total. The second-order valence-corrected chi connectivity index (χ2v) is 14.5. The third-order valence-corrected chi connectivity index (χ3v) is 10.4. The summed E-state index contributed by atoms with van der Waals surface area (Å²) >= 11 is 0. The summed E-state index contributed by atoms with van der Waals surface area (Å²) in [5.74, 6) is 2.94. The fourth-order valence-electron chi connectivity index (χ4n) is 7.83. The molecule has 8 nitrogen and oxygen atoms in total. The van der Waals surface area contributed by atoms with Crippen molar-refractivity contribution in [3.8, 4) is 23.0 Å². The first kappa shape index (κ1) is 44.0. The zero-order valence-corrected chi connectivity index (χ0v) is 34.6. The van der Waals surface area contributed by atoms with Gasteiger partial charge < -0.3 is 37.9 Å². The SMILES string of the molecule is C=CCOC(C)Oc1ccc(C2(c3ccc(OC(C)OCC=C)cc3)CCCC(c3ccc(OC(C)OCC=C)cc3)(c3ccc(OC(C)OCC=C)cc3)C2)cc1. The lowest BCUT2D eigenvalue weighted by atomic mass is 9.53. The largest absolute Gasteiger partial charge is 0.465 e. The van der Waals surface area contributed by atoms with Gasteiger partial charge in [0.1, 0.15) is 23.0 Å². The molecule has 4 atom stereocenters. The molecule has 0 bridgehead atoms. The van der Waals surface area contributed by atoms with Gasteiger partial charge in [0.05, 0.1) is 26.4 Å². The Morgan fingerprint density at radius 2 is 0.638 bits per heavy atom. The van der Waals surface area contributed by atoms with E-state index >= 15 is 0 Å². The minimum atomic E-state index is -0.419. The molecule has 1 saturated carbocycles. The normalized spacial score (nSPS) is 19.8. The molecule has 0 heterocycles. The maximum absolute atomic E-state index is 6.12. The van der Waals surface area contributed by atoms with E-state index in [-0.39, 0.29) is 0 Å². The highest BCUT2D eigenvalue weighted by Crippen LogP contribution is 2.56. The molecular formula is C50H60O8. The van der Waals surface area contributed by atoms with Crippen molar-refractivity contribution >= 4 is 0 Å². The van der Waals surface area contributed by atoms with Gasteiger partial charge >= 0.3 is 0 Å². The van der Waals surface area contributed by atoms with Gasteiger partial charge in [0.25, 0.3) is 0 Å². The summed E-state index contributed by atoms with van der Waals surface area (Å²) in [5.41, 5.74) is 4.00. The molecule has 58 heavy (non-hydrogen) atoms. The molecule has 0 spiro atoms. The van der Waals surface area contributed by atoms with Crippen LogP contribution in [-0.4, -0.2) is 51.6 Å². The van der Waals surface area contributed by atoms with Gasteiger partial charge in [-0.25, -0.2) is 0 Å². The molecule has 0 radical (unpaired) electrons. The molecule has 0 aliphatic heterocycles. The van der Waals surface area contributed by atoms with Crippen molar-refractivity contribution in [3.63, 3.8) is 0 Å². The van der Waals surface area contributed by atoms with E-state index in [0.29, 0.717) is 26.4 Å². The van der Waals surface area contributed by atoms with E-state index in [9.17, 15) is 0 Å². The van der Waals surface area contributed by atoms with Gasteiger partial charge in [-0.15, -0.1) is 26.3 Å². The molecule has 0 aromatic heterocycles. The van der Waals surface area contributed by atoms with E-state index in [1.165, 1.54) is 22.3 Å². The molecule has 5 rings (SSSR count). The van der Waals surface area contributed by atoms with Crippen LogP contribution in [0.2, 0.25) is 0 Å².